The number of nitrogens with one attached hydrogen (secondary N) is 2. The largest absolute Gasteiger partial charge is 0.461 e. The average molecular weight is 737 g/mol. The SMILES string of the molecule is CCOC(=O)c1csc(-n2[nH]c(=O)c([C@H](c3ccc(Cl)cc3)c3c(C(F)(F)F)[nH]n(-c4nc(C(=O)OCC)cs4)c3=O)c2C(F)(F)F)n1. The number of H-pyrrole nitrogens is 2. The van der Waals surface area contributed by atoms with Gasteiger partial charge in [-0.05, 0) is 31.5 Å². The molecule has 0 aliphatic rings. The summed E-state index contributed by atoms with van der Waals surface area (Å²) in [5.41, 5.74) is -10.3. The van der Waals surface area contributed by atoms with Crippen molar-refractivity contribution in [2.24, 2.45) is 0 Å². The number of nitrogens with zero attached hydrogens (tertiary/aromatic N) is 4. The summed E-state index contributed by atoms with van der Waals surface area (Å²) in [7, 11) is 0. The molecule has 0 radical (unpaired) electrons. The zero-order valence-corrected chi connectivity index (χ0v) is 26.5. The van der Waals surface area contributed by atoms with Gasteiger partial charge in [-0.25, -0.2) is 24.2 Å². The summed E-state index contributed by atoms with van der Waals surface area (Å²) in [6.07, 6.45) is -10.8. The number of carbonyl (C=O) groups excluding carboxylic acids is 2. The van der Waals surface area contributed by atoms with Crippen molar-refractivity contribution in [3.8, 4) is 10.3 Å². The van der Waals surface area contributed by atoms with Gasteiger partial charge in [0.1, 0.15) is 5.69 Å². The monoisotopic (exact) mass is 736 g/mol. The molecule has 0 spiro atoms. The van der Waals surface area contributed by atoms with Crippen molar-refractivity contribution >= 4 is 46.2 Å². The van der Waals surface area contributed by atoms with Crippen LogP contribution in [0.25, 0.3) is 10.3 Å². The van der Waals surface area contributed by atoms with Crippen LogP contribution in [0.4, 0.5) is 26.3 Å². The maximum absolute atomic E-state index is 14.9. The molecule has 0 aliphatic carbocycles. The Morgan fingerprint density at radius 1 is 0.833 bits per heavy atom. The highest BCUT2D eigenvalue weighted by Gasteiger charge is 2.47. The first-order chi connectivity index (χ1) is 22.6. The Hall–Kier alpha value is -4.69. The van der Waals surface area contributed by atoms with Gasteiger partial charge >= 0.3 is 24.3 Å². The minimum atomic E-state index is -5.44. The van der Waals surface area contributed by atoms with E-state index in [1.54, 1.807) is 0 Å². The first kappa shape index (κ1) is 34.6. The molecule has 21 heteroatoms. The van der Waals surface area contributed by atoms with Crippen LogP contribution in [0, 0.1) is 0 Å². The van der Waals surface area contributed by atoms with Gasteiger partial charge in [-0.1, -0.05) is 23.7 Å². The van der Waals surface area contributed by atoms with Gasteiger partial charge in [-0.15, -0.1) is 22.7 Å². The molecule has 5 rings (SSSR count). The van der Waals surface area contributed by atoms with Crippen LogP contribution >= 0.6 is 34.3 Å². The van der Waals surface area contributed by atoms with E-state index < -0.39 is 79.8 Å². The van der Waals surface area contributed by atoms with Gasteiger partial charge < -0.3 is 9.47 Å². The van der Waals surface area contributed by atoms with Crippen LogP contribution in [0.15, 0.2) is 44.6 Å². The minimum Gasteiger partial charge on any atom is -0.461 e. The van der Waals surface area contributed by atoms with Crippen molar-refractivity contribution in [2.45, 2.75) is 32.1 Å². The molecule has 0 aliphatic heterocycles. The highest BCUT2D eigenvalue weighted by molar-refractivity contribution is 7.12. The molecule has 5 aromatic rings. The van der Waals surface area contributed by atoms with Crippen LogP contribution in [-0.2, 0) is 21.8 Å². The smallest absolute Gasteiger partial charge is 0.433 e. The molecule has 2 N–H and O–H groups in total. The van der Waals surface area contributed by atoms with Crippen molar-refractivity contribution in [2.75, 3.05) is 13.2 Å². The van der Waals surface area contributed by atoms with Crippen LogP contribution in [0.5, 0.6) is 0 Å². The van der Waals surface area contributed by atoms with E-state index in [2.05, 4.69) is 9.97 Å². The number of esters is 2. The van der Waals surface area contributed by atoms with E-state index in [1.807, 2.05) is 10.2 Å². The molecule has 4 heterocycles. The van der Waals surface area contributed by atoms with Crippen LogP contribution in [0.1, 0.15) is 68.8 Å². The lowest BCUT2D eigenvalue weighted by Gasteiger charge is -2.20. The zero-order chi connectivity index (χ0) is 35.1. The first-order valence-corrected chi connectivity index (χ1v) is 15.6. The molecule has 0 amide bonds. The lowest BCUT2D eigenvalue weighted by molar-refractivity contribution is -0.143. The minimum absolute atomic E-state index is 0.0473. The van der Waals surface area contributed by atoms with E-state index in [0.717, 1.165) is 35.0 Å². The third-order valence-electron chi connectivity index (χ3n) is 6.53. The number of aromatic amines is 2. The Kier molecular flexibility index (Phi) is 9.44. The number of rotatable bonds is 9. The maximum atomic E-state index is 14.9. The third kappa shape index (κ3) is 6.54. The van der Waals surface area contributed by atoms with Crippen molar-refractivity contribution in [3.63, 3.8) is 0 Å². The maximum Gasteiger partial charge on any atom is 0.433 e. The Morgan fingerprint density at radius 3 is 1.83 bits per heavy atom. The predicted octanol–water partition coefficient (Wildman–Crippen LogP) is 5.78. The molecular formula is C27H19ClF6N6O6S2. The van der Waals surface area contributed by atoms with Crippen molar-refractivity contribution in [1.82, 2.24) is 29.5 Å². The second kappa shape index (κ2) is 13.1. The van der Waals surface area contributed by atoms with Gasteiger partial charge in [0, 0.05) is 21.7 Å². The summed E-state index contributed by atoms with van der Waals surface area (Å²) in [5, 5.41) is 4.95. The van der Waals surface area contributed by atoms with Gasteiger partial charge in [0.05, 0.1) is 24.3 Å². The van der Waals surface area contributed by atoms with Crippen molar-refractivity contribution in [1.29, 1.82) is 0 Å². The number of carbonyl (C=O) groups is 2. The highest BCUT2D eigenvalue weighted by atomic mass is 35.5. The molecule has 12 nitrogen and oxygen atoms in total. The molecule has 0 bridgehead atoms. The van der Waals surface area contributed by atoms with E-state index in [0.29, 0.717) is 27.4 Å². The Balaban J connectivity index is 1.82. The van der Waals surface area contributed by atoms with E-state index in [9.17, 15) is 45.5 Å². The van der Waals surface area contributed by atoms with Crippen LogP contribution in [0.3, 0.4) is 0 Å². The summed E-state index contributed by atoms with van der Waals surface area (Å²) in [5.74, 6) is -4.23. The van der Waals surface area contributed by atoms with Gasteiger partial charge in [-0.2, -0.15) is 31.0 Å². The Bertz CT molecular complexity index is 2110. The van der Waals surface area contributed by atoms with E-state index >= 15 is 0 Å². The van der Waals surface area contributed by atoms with E-state index in [-0.39, 0.29) is 34.2 Å². The molecule has 4 aromatic heterocycles. The predicted molar refractivity (Wildman–Crippen MR) is 158 cm³/mol. The molecule has 0 unspecified atom stereocenters. The normalized spacial score (nSPS) is 12.7. The van der Waals surface area contributed by atoms with Crippen molar-refractivity contribution in [3.05, 3.63) is 100 Å². The highest BCUT2D eigenvalue weighted by Crippen LogP contribution is 2.43. The van der Waals surface area contributed by atoms with Crippen LogP contribution in [-0.4, -0.2) is 54.7 Å². The number of halogens is 7. The quantitative estimate of drug-likeness (QED) is 0.143. The molecule has 1 aromatic carbocycles. The number of benzene rings is 1. The number of hydrogen-bond donors (Lipinski definition) is 2. The van der Waals surface area contributed by atoms with Gasteiger partial charge in [0.25, 0.3) is 11.1 Å². The standard InChI is InChI=1S/C27H19ClF6N6O6S2/c1-3-45-22(43)13-9-47-24(35-13)39-19(27(32,33)34)17(20(41)38-39)15(11-5-7-12(28)8-6-11)16-18(26(29,30)31)37-40(21(16)42)25-36-14(10-48-25)23(44)46-4-2/h5-10,15,37H,3-4H2,1-2H3,(H,38,41)/t15-/m1/s1. The average Bonchev–Trinajstić information content (AvgIpc) is 3.80. The summed E-state index contributed by atoms with van der Waals surface area (Å²) in [6.45, 7) is 2.85. The lowest BCUT2D eigenvalue weighted by Crippen LogP contribution is -2.26. The van der Waals surface area contributed by atoms with Gasteiger partial charge in [-0.3, -0.25) is 19.8 Å². The molecule has 254 valence electrons. The van der Waals surface area contributed by atoms with E-state index in [4.69, 9.17) is 21.1 Å². The molecule has 48 heavy (non-hydrogen) atoms. The van der Waals surface area contributed by atoms with Gasteiger partial charge in [0.2, 0.25) is 10.3 Å². The molecule has 0 saturated heterocycles. The number of ether oxygens (including phenoxy) is 2. The second-order valence-corrected chi connectivity index (χ2v) is 11.6. The molecule has 0 saturated carbocycles. The third-order valence-corrected chi connectivity index (χ3v) is 8.44. The number of thiazole rings is 2. The zero-order valence-electron chi connectivity index (χ0n) is 24.2. The fourth-order valence-corrected chi connectivity index (χ4v) is 6.31. The second-order valence-electron chi connectivity index (χ2n) is 9.53. The molecular weight excluding hydrogens is 718 g/mol. The summed E-state index contributed by atoms with van der Waals surface area (Å²) in [6, 6.07) is 4.43. The topological polar surface area (TPSA) is 154 Å². The summed E-state index contributed by atoms with van der Waals surface area (Å²) < 4.78 is 98.7. The fraction of sp³-hybridized carbons (Fsp3) is 0.259. The van der Waals surface area contributed by atoms with Crippen molar-refractivity contribution < 1.29 is 45.4 Å². The Labute approximate surface area is 276 Å². The lowest BCUT2D eigenvalue weighted by atomic mass is 9.84. The number of hydrogen-bond acceptors (Lipinski definition) is 10. The Morgan fingerprint density at radius 2 is 1.35 bits per heavy atom. The first-order valence-electron chi connectivity index (χ1n) is 13.4. The summed E-state index contributed by atoms with van der Waals surface area (Å²) >= 11 is 7.02. The molecule has 1 atom stereocenters. The number of aromatic nitrogens is 6. The van der Waals surface area contributed by atoms with Crippen LogP contribution in [0.2, 0.25) is 5.02 Å². The molecule has 0 fully saturated rings. The van der Waals surface area contributed by atoms with Crippen LogP contribution < -0.4 is 11.1 Å². The summed E-state index contributed by atoms with van der Waals surface area (Å²) in [4.78, 5) is 59.3. The fourth-order valence-electron chi connectivity index (χ4n) is 4.67. The van der Waals surface area contributed by atoms with Gasteiger partial charge in [0.15, 0.2) is 17.1 Å². The van der Waals surface area contributed by atoms with E-state index in [1.165, 1.54) is 13.8 Å². The number of alkyl halides is 6.